The van der Waals surface area contributed by atoms with Crippen LogP contribution in [0.5, 0.6) is 0 Å². The van der Waals surface area contributed by atoms with E-state index in [-0.39, 0.29) is 23.9 Å². The molecule has 1 fully saturated rings. The van der Waals surface area contributed by atoms with Crippen molar-refractivity contribution < 1.29 is 26.4 Å². The van der Waals surface area contributed by atoms with E-state index in [2.05, 4.69) is 68.3 Å². The van der Waals surface area contributed by atoms with E-state index in [0.717, 1.165) is 35.6 Å². The lowest BCUT2D eigenvalue weighted by Gasteiger charge is -2.54. The van der Waals surface area contributed by atoms with Crippen molar-refractivity contribution in [1.29, 1.82) is 0 Å². The van der Waals surface area contributed by atoms with Crippen LogP contribution in [0.1, 0.15) is 69.7 Å². The Morgan fingerprint density at radius 2 is 1.82 bits per heavy atom. The zero-order valence-corrected chi connectivity index (χ0v) is 22.8. The number of hydrogen-bond acceptors (Lipinski definition) is 3. The molecule has 34 heavy (non-hydrogen) atoms. The summed E-state index contributed by atoms with van der Waals surface area (Å²) in [5.74, 6) is 0.257. The normalized spacial score (nSPS) is 26.4. The number of fused-ring (bicyclic) bond motifs is 1. The van der Waals surface area contributed by atoms with E-state index in [1.807, 2.05) is 26.8 Å². The first-order valence-corrected chi connectivity index (χ1v) is 12.4. The maximum absolute atomic E-state index is 12.4. The van der Waals surface area contributed by atoms with Gasteiger partial charge >= 0.3 is 5.97 Å². The van der Waals surface area contributed by atoms with Crippen molar-refractivity contribution in [1.82, 2.24) is 4.90 Å². The molecule has 2 aliphatic rings. The third-order valence-corrected chi connectivity index (χ3v) is 8.15. The molecule has 186 valence electrons. The lowest BCUT2D eigenvalue weighted by molar-refractivity contribution is -0.974. The standard InChI is InChI=1S/C28H38ClN2O2.ClH/c1-27(2,3)26(32)33-19-31(6)15-14-30(18-28(31,4)5)25-17-23(20-10-8-7-9-11-20)22-13-12-21(29)16-24(22)25;/h7-13,16,23,25H,14-15,17-19H2,1-6H3;1H/q+1;/p-1/t23-,25+,31+;/m0./s1. The summed E-state index contributed by atoms with van der Waals surface area (Å²) in [5, 5.41) is 0.804. The van der Waals surface area contributed by atoms with Gasteiger partial charge in [-0.05, 0) is 69.9 Å². The van der Waals surface area contributed by atoms with Crippen LogP contribution >= 0.6 is 11.6 Å². The number of piperazine rings is 1. The average Bonchev–Trinajstić information content (AvgIpc) is 3.12. The monoisotopic (exact) mass is 504 g/mol. The van der Waals surface area contributed by atoms with Gasteiger partial charge in [-0.3, -0.25) is 14.2 Å². The molecule has 3 atom stereocenters. The van der Waals surface area contributed by atoms with Crippen LogP contribution in [0.25, 0.3) is 0 Å². The number of benzene rings is 2. The number of ether oxygens (including phenoxy) is 1. The number of hydrogen-bond donors (Lipinski definition) is 0. The van der Waals surface area contributed by atoms with Crippen molar-refractivity contribution in [3.05, 3.63) is 70.2 Å². The minimum atomic E-state index is -0.482. The molecule has 0 unspecified atom stereocenters. The number of likely N-dealkylation sites (N-methyl/N-ethyl adjacent to an activating group) is 1. The van der Waals surface area contributed by atoms with Crippen LogP contribution in [-0.2, 0) is 9.53 Å². The number of carbonyl (C=O) groups excluding carboxylic acids is 1. The summed E-state index contributed by atoms with van der Waals surface area (Å²) >= 11 is 6.46. The van der Waals surface area contributed by atoms with Gasteiger partial charge in [0.05, 0.1) is 25.6 Å². The molecule has 0 bridgehead atoms. The summed E-state index contributed by atoms with van der Waals surface area (Å²) in [6.07, 6.45) is 1.07. The summed E-state index contributed by atoms with van der Waals surface area (Å²) in [6, 6.07) is 17.6. The third kappa shape index (κ3) is 5.16. The van der Waals surface area contributed by atoms with Gasteiger partial charge in [0.2, 0.25) is 6.73 Å². The Kier molecular flexibility index (Phi) is 7.79. The summed E-state index contributed by atoms with van der Waals surface area (Å²) in [5.41, 5.74) is 3.59. The summed E-state index contributed by atoms with van der Waals surface area (Å²) < 4.78 is 6.51. The molecule has 4 nitrogen and oxygen atoms in total. The van der Waals surface area contributed by atoms with Crippen LogP contribution in [-0.4, -0.2) is 54.3 Å². The molecule has 1 aliphatic carbocycles. The fraction of sp³-hybridized carbons (Fsp3) is 0.536. The van der Waals surface area contributed by atoms with Gasteiger partial charge in [0.25, 0.3) is 0 Å². The van der Waals surface area contributed by atoms with Crippen LogP contribution in [0.2, 0.25) is 5.02 Å². The lowest BCUT2D eigenvalue weighted by Crippen LogP contribution is -3.00. The highest BCUT2D eigenvalue weighted by Crippen LogP contribution is 2.48. The molecule has 0 N–H and O–H groups in total. The van der Waals surface area contributed by atoms with Crippen LogP contribution in [0.4, 0.5) is 0 Å². The van der Waals surface area contributed by atoms with Gasteiger partial charge in [-0.1, -0.05) is 48.0 Å². The number of halogens is 2. The Balaban J connectivity index is 0.00000324. The van der Waals surface area contributed by atoms with Crippen LogP contribution < -0.4 is 12.4 Å². The average molecular weight is 506 g/mol. The van der Waals surface area contributed by atoms with Gasteiger partial charge in [-0.15, -0.1) is 0 Å². The maximum Gasteiger partial charge on any atom is 0.315 e. The highest BCUT2D eigenvalue weighted by molar-refractivity contribution is 6.30. The quantitative estimate of drug-likeness (QED) is 0.473. The summed E-state index contributed by atoms with van der Waals surface area (Å²) in [4.78, 5) is 15.0. The number of nitrogens with zero attached hydrogens (tertiary/aromatic N) is 2. The van der Waals surface area contributed by atoms with Crippen molar-refractivity contribution in [2.75, 3.05) is 33.4 Å². The van der Waals surface area contributed by atoms with Crippen molar-refractivity contribution in [3.63, 3.8) is 0 Å². The van der Waals surface area contributed by atoms with Gasteiger partial charge in [0, 0.05) is 23.5 Å². The molecule has 0 aromatic heterocycles. The minimum Gasteiger partial charge on any atom is -1.00 e. The Labute approximate surface area is 216 Å². The second-order valence-corrected chi connectivity index (χ2v) is 12.1. The number of rotatable bonds is 4. The van der Waals surface area contributed by atoms with Gasteiger partial charge in [0.1, 0.15) is 5.54 Å². The molecular formula is C28H38Cl2N2O2. The first-order chi connectivity index (χ1) is 15.4. The zero-order valence-electron chi connectivity index (χ0n) is 21.3. The second-order valence-electron chi connectivity index (χ2n) is 11.7. The highest BCUT2D eigenvalue weighted by Gasteiger charge is 2.49. The molecule has 2 aromatic rings. The van der Waals surface area contributed by atoms with Gasteiger partial charge < -0.3 is 17.1 Å². The first-order valence-electron chi connectivity index (χ1n) is 12.0. The van der Waals surface area contributed by atoms with E-state index >= 15 is 0 Å². The largest absolute Gasteiger partial charge is 1.00 e. The number of quaternary nitrogens is 1. The van der Waals surface area contributed by atoms with E-state index in [1.165, 1.54) is 16.7 Å². The molecule has 2 aromatic carbocycles. The van der Waals surface area contributed by atoms with Crippen molar-refractivity contribution in [3.8, 4) is 0 Å². The Hall–Kier alpha value is -1.59. The van der Waals surface area contributed by atoms with Crippen molar-refractivity contribution >= 4 is 17.6 Å². The van der Waals surface area contributed by atoms with Gasteiger partial charge in [0.15, 0.2) is 0 Å². The van der Waals surface area contributed by atoms with E-state index in [4.69, 9.17) is 16.3 Å². The Morgan fingerprint density at radius 1 is 1.15 bits per heavy atom. The molecule has 0 saturated carbocycles. The second kappa shape index (κ2) is 9.81. The van der Waals surface area contributed by atoms with Crippen molar-refractivity contribution in [2.24, 2.45) is 5.41 Å². The molecule has 0 spiro atoms. The van der Waals surface area contributed by atoms with Gasteiger partial charge in [-0.2, -0.15) is 0 Å². The number of carbonyl (C=O) groups is 1. The van der Waals surface area contributed by atoms with Gasteiger partial charge in [-0.25, -0.2) is 0 Å². The lowest BCUT2D eigenvalue weighted by atomic mass is 9.92. The van der Waals surface area contributed by atoms with Crippen LogP contribution in [0.3, 0.4) is 0 Å². The van der Waals surface area contributed by atoms with E-state index < -0.39 is 5.41 Å². The first kappa shape index (κ1) is 27.0. The summed E-state index contributed by atoms with van der Waals surface area (Å²) in [7, 11) is 2.22. The van der Waals surface area contributed by atoms with E-state index in [9.17, 15) is 4.79 Å². The molecule has 1 heterocycles. The Morgan fingerprint density at radius 3 is 2.44 bits per heavy atom. The summed E-state index contributed by atoms with van der Waals surface area (Å²) in [6.45, 7) is 13.6. The topological polar surface area (TPSA) is 29.5 Å². The molecule has 4 rings (SSSR count). The van der Waals surface area contributed by atoms with E-state index in [1.54, 1.807) is 0 Å². The minimum absolute atomic E-state index is 0. The van der Waals surface area contributed by atoms with E-state index in [0.29, 0.717) is 18.7 Å². The SMILES string of the molecule is CC(C)(C)C(=O)OC[N@@+]1(C)CCN([C@@H]2C[C@@H](c3ccccc3)c3ccc(Cl)cc32)CC1(C)C.[Cl-]. The predicted molar refractivity (Wildman–Crippen MR) is 134 cm³/mol. The molecular weight excluding hydrogens is 467 g/mol. The fourth-order valence-corrected chi connectivity index (χ4v) is 5.48. The molecule has 1 saturated heterocycles. The molecule has 1 aliphatic heterocycles. The van der Waals surface area contributed by atoms with Crippen LogP contribution in [0.15, 0.2) is 48.5 Å². The fourth-order valence-electron chi connectivity index (χ4n) is 5.30. The molecule has 6 heteroatoms. The molecule has 0 radical (unpaired) electrons. The van der Waals surface area contributed by atoms with Crippen LogP contribution in [0, 0.1) is 5.41 Å². The maximum atomic E-state index is 12.4. The smallest absolute Gasteiger partial charge is 0.315 e. The third-order valence-electron chi connectivity index (χ3n) is 7.91. The molecule has 0 amide bonds. The zero-order chi connectivity index (χ0) is 24.0. The van der Waals surface area contributed by atoms with Crippen molar-refractivity contribution in [2.45, 2.75) is 58.5 Å². The number of esters is 1. The predicted octanol–water partition coefficient (Wildman–Crippen LogP) is 3.01. The Bertz CT molecular complexity index is 1020. The highest BCUT2D eigenvalue weighted by atomic mass is 35.5.